The molecular weight excluding hydrogens is 239 g/mol. The minimum atomic E-state index is -0.644. The Balaban J connectivity index is 2.15. The first-order valence-electron chi connectivity index (χ1n) is 5.92. The third kappa shape index (κ3) is 2.95. The number of hydrogen-bond donors (Lipinski definition) is 1. The molecule has 6 heteroatoms. The molecule has 0 amide bonds. The van der Waals surface area contributed by atoms with E-state index in [2.05, 4.69) is 0 Å². The van der Waals surface area contributed by atoms with Gasteiger partial charge in [0, 0.05) is 6.04 Å². The number of hydrogen-bond acceptors (Lipinski definition) is 4. The summed E-state index contributed by atoms with van der Waals surface area (Å²) in [5.74, 6) is -0.533. The quantitative estimate of drug-likeness (QED) is 0.663. The lowest BCUT2D eigenvalue weighted by atomic mass is 9.93. The fourth-order valence-corrected chi connectivity index (χ4v) is 2.20. The Hall–Kier alpha value is -1.69. The molecule has 0 bridgehead atoms. The van der Waals surface area contributed by atoms with Crippen molar-refractivity contribution in [3.63, 3.8) is 0 Å². The maximum Gasteiger partial charge on any atom is 0.313 e. The van der Waals surface area contributed by atoms with Gasteiger partial charge in [-0.25, -0.2) is 4.39 Å². The number of nitrogens with zero attached hydrogens (tertiary/aromatic N) is 1. The second-order valence-electron chi connectivity index (χ2n) is 4.54. The van der Waals surface area contributed by atoms with Crippen molar-refractivity contribution in [2.45, 2.75) is 37.8 Å². The van der Waals surface area contributed by atoms with Crippen LogP contribution < -0.4 is 10.5 Å². The highest BCUT2D eigenvalue weighted by Crippen LogP contribution is 2.31. The molecule has 18 heavy (non-hydrogen) atoms. The Morgan fingerprint density at radius 1 is 1.44 bits per heavy atom. The fourth-order valence-electron chi connectivity index (χ4n) is 2.20. The van der Waals surface area contributed by atoms with Crippen LogP contribution in [-0.2, 0) is 0 Å². The molecule has 1 aliphatic carbocycles. The van der Waals surface area contributed by atoms with Crippen molar-refractivity contribution in [1.29, 1.82) is 0 Å². The van der Waals surface area contributed by atoms with Crippen LogP contribution in [-0.4, -0.2) is 17.1 Å². The van der Waals surface area contributed by atoms with E-state index in [1.54, 1.807) is 0 Å². The Bertz CT molecular complexity index is 453. The van der Waals surface area contributed by atoms with Gasteiger partial charge in [-0.05, 0) is 37.8 Å². The molecule has 1 aromatic carbocycles. The van der Waals surface area contributed by atoms with E-state index < -0.39 is 10.7 Å². The highest BCUT2D eigenvalue weighted by atomic mass is 19.1. The Morgan fingerprint density at radius 2 is 2.22 bits per heavy atom. The van der Waals surface area contributed by atoms with Crippen LogP contribution in [0.3, 0.4) is 0 Å². The summed E-state index contributed by atoms with van der Waals surface area (Å²) in [6, 6.07) is 3.40. The molecule has 1 fully saturated rings. The number of nitro benzene ring substituents is 1. The van der Waals surface area contributed by atoms with Gasteiger partial charge in [-0.3, -0.25) is 10.1 Å². The molecule has 0 radical (unpaired) electrons. The molecule has 1 saturated carbocycles. The smallest absolute Gasteiger partial charge is 0.313 e. The molecule has 0 aliphatic heterocycles. The number of halogens is 1. The van der Waals surface area contributed by atoms with E-state index in [0.717, 1.165) is 31.4 Å². The highest BCUT2D eigenvalue weighted by Gasteiger charge is 2.24. The lowest BCUT2D eigenvalue weighted by Gasteiger charge is -2.27. The molecule has 2 N–H and O–H groups in total. The van der Waals surface area contributed by atoms with E-state index in [-0.39, 0.29) is 23.6 Å². The second-order valence-corrected chi connectivity index (χ2v) is 4.54. The van der Waals surface area contributed by atoms with Crippen molar-refractivity contribution in [2.24, 2.45) is 5.73 Å². The summed E-state index contributed by atoms with van der Waals surface area (Å²) in [7, 11) is 0. The molecule has 1 aromatic rings. The highest BCUT2D eigenvalue weighted by molar-refractivity contribution is 5.46. The zero-order valence-corrected chi connectivity index (χ0v) is 9.84. The average molecular weight is 254 g/mol. The lowest BCUT2D eigenvalue weighted by molar-refractivity contribution is -0.386. The zero-order chi connectivity index (χ0) is 13.1. The summed E-state index contributed by atoms with van der Waals surface area (Å²) in [6.07, 6.45) is 3.26. The Kier molecular flexibility index (Phi) is 3.76. The maximum absolute atomic E-state index is 13.0. The topological polar surface area (TPSA) is 78.4 Å². The van der Waals surface area contributed by atoms with Crippen LogP contribution in [0.1, 0.15) is 25.7 Å². The molecule has 1 aliphatic rings. The number of nitrogens with two attached hydrogens (primary N) is 1. The molecule has 0 aromatic heterocycles. The summed E-state index contributed by atoms with van der Waals surface area (Å²) in [4.78, 5) is 10.2. The third-order valence-electron chi connectivity index (χ3n) is 3.08. The van der Waals surface area contributed by atoms with Gasteiger partial charge in [0.1, 0.15) is 11.9 Å². The van der Waals surface area contributed by atoms with Crippen LogP contribution in [0.5, 0.6) is 5.75 Å². The van der Waals surface area contributed by atoms with Crippen LogP contribution in [0, 0.1) is 15.9 Å². The van der Waals surface area contributed by atoms with Crippen LogP contribution >= 0.6 is 0 Å². The normalized spacial score (nSPS) is 23.7. The molecule has 98 valence electrons. The average Bonchev–Trinajstić information content (AvgIpc) is 2.31. The Morgan fingerprint density at radius 3 is 2.89 bits per heavy atom. The SMILES string of the molecule is NC1CCCC(Oc2ccc(F)cc2[N+](=O)[O-])C1. The van der Waals surface area contributed by atoms with Crippen molar-refractivity contribution in [1.82, 2.24) is 0 Å². The number of ether oxygens (including phenoxy) is 1. The summed E-state index contributed by atoms with van der Waals surface area (Å²) < 4.78 is 18.6. The first kappa shape index (κ1) is 12.8. The molecule has 0 heterocycles. The summed E-state index contributed by atoms with van der Waals surface area (Å²) in [5.41, 5.74) is 5.49. The first-order valence-corrected chi connectivity index (χ1v) is 5.92. The lowest BCUT2D eigenvalue weighted by Crippen LogP contribution is -2.33. The minimum Gasteiger partial charge on any atom is -0.483 e. The first-order chi connectivity index (χ1) is 8.56. The molecule has 0 spiro atoms. The van der Waals surface area contributed by atoms with E-state index >= 15 is 0 Å². The van der Waals surface area contributed by atoms with Crippen molar-refractivity contribution in [3.8, 4) is 5.75 Å². The van der Waals surface area contributed by atoms with Crippen molar-refractivity contribution in [3.05, 3.63) is 34.1 Å². The van der Waals surface area contributed by atoms with E-state index in [1.807, 2.05) is 0 Å². The largest absolute Gasteiger partial charge is 0.483 e. The predicted octanol–water partition coefficient (Wildman–Crippen LogP) is 2.38. The number of rotatable bonds is 3. The van der Waals surface area contributed by atoms with Crippen LogP contribution in [0.15, 0.2) is 18.2 Å². The van der Waals surface area contributed by atoms with Gasteiger partial charge >= 0.3 is 5.69 Å². The minimum absolute atomic E-state index is 0.0725. The maximum atomic E-state index is 13.0. The van der Waals surface area contributed by atoms with Gasteiger partial charge in [-0.15, -0.1) is 0 Å². The molecular formula is C12H15FN2O3. The van der Waals surface area contributed by atoms with Crippen LogP contribution in [0.4, 0.5) is 10.1 Å². The van der Waals surface area contributed by atoms with Crippen molar-refractivity contribution < 1.29 is 14.1 Å². The van der Waals surface area contributed by atoms with Gasteiger partial charge in [-0.1, -0.05) is 0 Å². The number of benzene rings is 1. The monoisotopic (exact) mass is 254 g/mol. The molecule has 0 saturated heterocycles. The molecule has 2 atom stereocenters. The van der Waals surface area contributed by atoms with Gasteiger partial charge in [0.2, 0.25) is 0 Å². The predicted molar refractivity (Wildman–Crippen MR) is 63.9 cm³/mol. The van der Waals surface area contributed by atoms with Gasteiger partial charge in [0.25, 0.3) is 0 Å². The van der Waals surface area contributed by atoms with Gasteiger partial charge in [-0.2, -0.15) is 0 Å². The zero-order valence-electron chi connectivity index (χ0n) is 9.84. The molecule has 5 nitrogen and oxygen atoms in total. The van der Waals surface area contributed by atoms with E-state index in [1.165, 1.54) is 6.07 Å². The Labute approximate surface area is 104 Å². The standard InChI is InChI=1S/C12H15FN2O3/c13-8-4-5-12(11(6-8)15(16)17)18-10-3-1-2-9(14)7-10/h4-6,9-10H,1-3,7,14H2. The molecule has 2 unspecified atom stereocenters. The third-order valence-corrected chi connectivity index (χ3v) is 3.08. The van der Waals surface area contributed by atoms with E-state index in [9.17, 15) is 14.5 Å². The van der Waals surface area contributed by atoms with E-state index in [0.29, 0.717) is 6.42 Å². The number of nitro groups is 1. The van der Waals surface area contributed by atoms with Crippen LogP contribution in [0.2, 0.25) is 0 Å². The van der Waals surface area contributed by atoms with Gasteiger partial charge < -0.3 is 10.5 Å². The fraction of sp³-hybridized carbons (Fsp3) is 0.500. The van der Waals surface area contributed by atoms with Crippen molar-refractivity contribution in [2.75, 3.05) is 0 Å². The summed E-state index contributed by atoms with van der Waals surface area (Å²) in [6.45, 7) is 0. The van der Waals surface area contributed by atoms with E-state index in [4.69, 9.17) is 10.5 Å². The van der Waals surface area contributed by atoms with Gasteiger partial charge in [0.05, 0.1) is 11.0 Å². The summed E-state index contributed by atoms with van der Waals surface area (Å²) in [5, 5.41) is 10.8. The molecule has 2 rings (SSSR count). The van der Waals surface area contributed by atoms with Crippen LogP contribution in [0.25, 0.3) is 0 Å². The van der Waals surface area contributed by atoms with Crippen molar-refractivity contribution >= 4 is 5.69 Å². The second kappa shape index (κ2) is 5.30. The summed E-state index contributed by atoms with van der Waals surface area (Å²) >= 11 is 0. The van der Waals surface area contributed by atoms with Gasteiger partial charge in [0.15, 0.2) is 5.75 Å².